The minimum Gasteiger partial charge on any atom is -0.493 e. The van der Waals surface area contributed by atoms with Gasteiger partial charge in [0.1, 0.15) is 6.61 Å². The minimum absolute atomic E-state index is 0.436. The standard InChI is InChI=1S/C19H21BrClN5O2S/c1-26-19(23-24-25-26)29-8-7-22-11-14-9-17(27-2)18(10-16(14)20)28-12-13-3-5-15(21)6-4-13/h3-6,9-10,22H,7-8,11-12H2,1-2H3. The summed E-state index contributed by atoms with van der Waals surface area (Å²) in [4.78, 5) is 0. The summed E-state index contributed by atoms with van der Waals surface area (Å²) in [6.45, 7) is 1.96. The van der Waals surface area contributed by atoms with Gasteiger partial charge in [0.15, 0.2) is 11.5 Å². The van der Waals surface area contributed by atoms with Gasteiger partial charge in [0.25, 0.3) is 0 Å². The maximum absolute atomic E-state index is 5.94. The van der Waals surface area contributed by atoms with Gasteiger partial charge in [-0.15, -0.1) is 5.10 Å². The van der Waals surface area contributed by atoms with E-state index in [-0.39, 0.29) is 0 Å². The summed E-state index contributed by atoms with van der Waals surface area (Å²) >= 11 is 11.2. The molecule has 0 unspecified atom stereocenters. The summed E-state index contributed by atoms with van der Waals surface area (Å²) in [5.74, 6) is 2.24. The van der Waals surface area contributed by atoms with Crippen molar-refractivity contribution < 1.29 is 9.47 Å². The summed E-state index contributed by atoms with van der Waals surface area (Å²) in [6, 6.07) is 11.5. The number of methoxy groups -OCH3 is 1. The second kappa shape index (κ2) is 10.8. The van der Waals surface area contributed by atoms with Gasteiger partial charge in [-0.2, -0.15) is 0 Å². The Balaban J connectivity index is 1.53. The molecule has 2 aromatic carbocycles. The number of hydrogen-bond donors (Lipinski definition) is 1. The highest BCUT2D eigenvalue weighted by molar-refractivity contribution is 9.10. The molecule has 0 radical (unpaired) electrons. The number of halogens is 2. The Morgan fingerprint density at radius 2 is 2.00 bits per heavy atom. The van der Waals surface area contributed by atoms with Crippen molar-refractivity contribution in [1.29, 1.82) is 0 Å². The van der Waals surface area contributed by atoms with Crippen molar-refractivity contribution in [2.75, 3.05) is 19.4 Å². The van der Waals surface area contributed by atoms with Crippen LogP contribution in [0.15, 0.2) is 46.0 Å². The zero-order valence-electron chi connectivity index (χ0n) is 16.1. The van der Waals surface area contributed by atoms with Crippen LogP contribution >= 0.6 is 39.3 Å². The van der Waals surface area contributed by atoms with E-state index in [1.807, 2.05) is 43.4 Å². The van der Waals surface area contributed by atoms with Crippen LogP contribution < -0.4 is 14.8 Å². The van der Waals surface area contributed by atoms with Gasteiger partial charge in [-0.05, 0) is 45.8 Å². The summed E-state index contributed by atoms with van der Waals surface area (Å²) in [7, 11) is 3.47. The van der Waals surface area contributed by atoms with Crippen LogP contribution in [0.25, 0.3) is 0 Å². The lowest BCUT2D eigenvalue weighted by molar-refractivity contribution is 0.284. The zero-order valence-corrected chi connectivity index (χ0v) is 19.2. The molecular weight excluding hydrogens is 478 g/mol. The van der Waals surface area contributed by atoms with Crippen LogP contribution in [-0.2, 0) is 20.2 Å². The molecule has 10 heteroatoms. The number of nitrogens with one attached hydrogen (secondary N) is 1. The fourth-order valence-electron chi connectivity index (χ4n) is 2.51. The topological polar surface area (TPSA) is 74.1 Å². The molecule has 0 aliphatic rings. The van der Waals surface area contributed by atoms with Crippen molar-refractivity contribution in [3.8, 4) is 11.5 Å². The molecule has 1 aromatic heterocycles. The van der Waals surface area contributed by atoms with Crippen molar-refractivity contribution in [3.63, 3.8) is 0 Å². The monoisotopic (exact) mass is 497 g/mol. The number of thioether (sulfide) groups is 1. The van der Waals surface area contributed by atoms with E-state index in [9.17, 15) is 0 Å². The summed E-state index contributed by atoms with van der Waals surface area (Å²) in [5, 5.41) is 16.3. The molecule has 154 valence electrons. The van der Waals surface area contributed by atoms with Crippen molar-refractivity contribution in [1.82, 2.24) is 25.5 Å². The lowest BCUT2D eigenvalue weighted by atomic mass is 10.2. The van der Waals surface area contributed by atoms with Crippen LogP contribution in [0, 0.1) is 0 Å². The number of rotatable bonds is 10. The SMILES string of the molecule is COc1cc(CNCCSc2nnnn2C)c(Br)cc1OCc1ccc(Cl)cc1. The molecule has 0 atom stereocenters. The van der Waals surface area contributed by atoms with Gasteiger partial charge in [-0.25, -0.2) is 4.68 Å². The lowest BCUT2D eigenvalue weighted by Crippen LogP contribution is -2.17. The molecular formula is C19H21BrClN5O2S. The maximum atomic E-state index is 5.94. The molecule has 0 spiro atoms. The smallest absolute Gasteiger partial charge is 0.209 e. The van der Waals surface area contributed by atoms with E-state index in [0.717, 1.165) is 33.1 Å². The molecule has 0 fully saturated rings. The zero-order chi connectivity index (χ0) is 20.6. The first kappa shape index (κ1) is 21.9. The van der Waals surface area contributed by atoms with Gasteiger partial charge in [0.2, 0.25) is 5.16 Å². The molecule has 7 nitrogen and oxygen atoms in total. The van der Waals surface area contributed by atoms with Crippen molar-refractivity contribution >= 4 is 39.3 Å². The number of hydrogen-bond acceptors (Lipinski definition) is 7. The average molecular weight is 499 g/mol. The van der Waals surface area contributed by atoms with E-state index in [0.29, 0.717) is 29.7 Å². The molecule has 0 aliphatic heterocycles. The van der Waals surface area contributed by atoms with Gasteiger partial charge >= 0.3 is 0 Å². The van der Waals surface area contributed by atoms with Gasteiger partial charge in [-0.3, -0.25) is 0 Å². The van der Waals surface area contributed by atoms with Crippen LogP contribution in [0.4, 0.5) is 0 Å². The highest BCUT2D eigenvalue weighted by atomic mass is 79.9. The largest absolute Gasteiger partial charge is 0.493 e. The quantitative estimate of drug-likeness (QED) is 0.333. The fourth-order valence-corrected chi connectivity index (χ4v) is 3.84. The van der Waals surface area contributed by atoms with Crippen molar-refractivity contribution in [3.05, 3.63) is 57.0 Å². The maximum Gasteiger partial charge on any atom is 0.209 e. The Labute approximate surface area is 187 Å². The van der Waals surface area contributed by atoms with Crippen LogP contribution in [-0.4, -0.2) is 39.6 Å². The fraction of sp³-hybridized carbons (Fsp3) is 0.316. The van der Waals surface area contributed by atoms with Gasteiger partial charge in [0, 0.05) is 35.4 Å². The normalized spacial score (nSPS) is 10.9. The molecule has 3 rings (SSSR count). The van der Waals surface area contributed by atoms with Crippen LogP contribution in [0.5, 0.6) is 11.5 Å². The van der Waals surface area contributed by atoms with E-state index in [4.69, 9.17) is 21.1 Å². The third-order valence-corrected chi connectivity index (χ3v) is 6.05. The molecule has 29 heavy (non-hydrogen) atoms. The van der Waals surface area contributed by atoms with E-state index in [2.05, 4.69) is 36.8 Å². The number of ether oxygens (including phenoxy) is 2. The first-order chi connectivity index (χ1) is 14.1. The molecule has 0 amide bonds. The molecule has 0 aliphatic carbocycles. The van der Waals surface area contributed by atoms with Gasteiger partial charge in [0.05, 0.1) is 7.11 Å². The Morgan fingerprint density at radius 1 is 1.21 bits per heavy atom. The molecule has 3 aromatic rings. The molecule has 0 bridgehead atoms. The molecule has 1 heterocycles. The highest BCUT2D eigenvalue weighted by Crippen LogP contribution is 2.34. The van der Waals surface area contributed by atoms with Crippen LogP contribution in [0.1, 0.15) is 11.1 Å². The average Bonchev–Trinajstić information content (AvgIpc) is 3.13. The van der Waals surface area contributed by atoms with E-state index in [1.165, 1.54) is 0 Å². The first-order valence-electron chi connectivity index (χ1n) is 8.86. The Bertz CT molecular complexity index is 939. The number of aryl methyl sites for hydroxylation is 1. The van der Waals surface area contributed by atoms with Crippen LogP contribution in [0.2, 0.25) is 5.02 Å². The predicted octanol–water partition coefficient (Wildman–Crippen LogP) is 4.10. The van der Waals surface area contributed by atoms with E-state index >= 15 is 0 Å². The number of tetrazole rings is 1. The van der Waals surface area contributed by atoms with E-state index < -0.39 is 0 Å². The third kappa shape index (κ3) is 6.33. The second-order valence-electron chi connectivity index (χ2n) is 6.12. The Morgan fingerprint density at radius 3 is 2.69 bits per heavy atom. The summed E-state index contributed by atoms with van der Waals surface area (Å²) < 4.78 is 14.1. The summed E-state index contributed by atoms with van der Waals surface area (Å²) in [6.07, 6.45) is 0. The van der Waals surface area contributed by atoms with Gasteiger partial charge in [-0.1, -0.05) is 51.4 Å². The first-order valence-corrected chi connectivity index (χ1v) is 11.0. The molecule has 1 N–H and O–H groups in total. The van der Waals surface area contributed by atoms with E-state index in [1.54, 1.807) is 23.6 Å². The van der Waals surface area contributed by atoms with Crippen molar-refractivity contribution in [2.24, 2.45) is 7.05 Å². The minimum atomic E-state index is 0.436. The predicted molar refractivity (Wildman–Crippen MR) is 118 cm³/mol. The number of aromatic nitrogens is 4. The highest BCUT2D eigenvalue weighted by Gasteiger charge is 2.11. The number of nitrogens with zero attached hydrogens (tertiary/aromatic N) is 4. The third-order valence-electron chi connectivity index (χ3n) is 4.05. The Hall–Kier alpha value is -1.81. The Kier molecular flexibility index (Phi) is 8.17. The molecule has 0 saturated heterocycles. The molecule has 0 saturated carbocycles. The second-order valence-corrected chi connectivity index (χ2v) is 8.47. The number of benzene rings is 2. The van der Waals surface area contributed by atoms with Crippen LogP contribution in [0.3, 0.4) is 0 Å². The van der Waals surface area contributed by atoms with Crippen molar-refractivity contribution in [2.45, 2.75) is 18.3 Å². The lowest BCUT2D eigenvalue weighted by Gasteiger charge is -2.14. The van der Waals surface area contributed by atoms with Gasteiger partial charge < -0.3 is 14.8 Å². The summed E-state index contributed by atoms with van der Waals surface area (Å²) in [5.41, 5.74) is 2.12.